The largest absolute Gasteiger partial charge is 0.494 e. The molecular formula is C22H25ClN2O. The van der Waals surface area contributed by atoms with Gasteiger partial charge in [-0.1, -0.05) is 23.2 Å². The molecule has 1 aliphatic heterocycles. The van der Waals surface area contributed by atoms with Crippen LogP contribution in [0.15, 0.2) is 24.3 Å². The monoisotopic (exact) mass is 368 g/mol. The molecule has 136 valence electrons. The molecule has 2 heterocycles. The Balaban J connectivity index is 1.92. The van der Waals surface area contributed by atoms with Crippen LogP contribution in [0.4, 0.5) is 0 Å². The maximum absolute atomic E-state index is 6.46. The molecule has 1 aliphatic rings. The zero-order valence-electron chi connectivity index (χ0n) is 15.8. The summed E-state index contributed by atoms with van der Waals surface area (Å²) in [7, 11) is 0. The first-order valence-electron chi connectivity index (χ1n) is 9.27. The van der Waals surface area contributed by atoms with Gasteiger partial charge in [-0.25, -0.2) is 0 Å². The number of hydrogen-bond acceptors (Lipinski definition) is 2. The second kappa shape index (κ2) is 6.64. The fourth-order valence-electron chi connectivity index (χ4n) is 4.13. The van der Waals surface area contributed by atoms with E-state index < -0.39 is 0 Å². The van der Waals surface area contributed by atoms with Gasteiger partial charge in [0, 0.05) is 33.7 Å². The second-order valence-electron chi connectivity index (χ2n) is 7.23. The van der Waals surface area contributed by atoms with Crippen LogP contribution >= 0.6 is 11.6 Å². The summed E-state index contributed by atoms with van der Waals surface area (Å²) in [6.45, 7) is 9.95. The maximum Gasteiger partial charge on any atom is 0.124 e. The molecule has 0 bridgehead atoms. The minimum Gasteiger partial charge on any atom is -0.494 e. The second-order valence-corrected chi connectivity index (χ2v) is 7.64. The summed E-state index contributed by atoms with van der Waals surface area (Å²) < 4.78 is 5.95. The lowest BCUT2D eigenvalue weighted by molar-refractivity contribution is 0.332. The van der Waals surface area contributed by atoms with Crippen molar-refractivity contribution in [2.24, 2.45) is 0 Å². The third-order valence-electron chi connectivity index (χ3n) is 5.30. The van der Waals surface area contributed by atoms with Crippen molar-refractivity contribution < 1.29 is 4.74 Å². The van der Waals surface area contributed by atoms with Crippen LogP contribution in [0.3, 0.4) is 0 Å². The average molecular weight is 369 g/mol. The molecule has 1 unspecified atom stereocenters. The summed E-state index contributed by atoms with van der Waals surface area (Å²) in [4.78, 5) is 3.70. The van der Waals surface area contributed by atoms with Gasteiger partial charge in [0.15, 0.2) is 0 Å². The minimum atomic E-state index is 0.0607. The predicted octanol–water partition coefficient (Wildman–Crippen LogP) is 5.38. The first-order chi connectivity index (χ1) is 12.5. The van der Waals surface area contributed by atoms with E-state index in [9.17, 15) is 0 Å². The highest BCUT2D eigenvalue weighted by molar-refractivity contribution is 6.31. The molecule has 0 radical (unpaired) electrons. The van der Waals surface area contributed by atoms with Gasteiger partial charge in [0.2, 0.25) is 0 Å². The molecule has 3 nitrogen and oxygen atoms in total. The van der Waals surface area contributed by atoms with Crippen LogP contribution in [0.1, 0.15) is 46.5 Å². The fraction of sp³-hybridized carbons (Fsp3) is 0.364. The van der Waals surface area contributed by atoms with Gasteiger partial charge in [0.25, 0.3) is 0 Å². The highest BCUT2D eigenvalue weighted by atomic mass is 35.5. The van der Waals surface area contributed by atoms with E-state index in [0.717, 1.165) is 34.9 Å². The van der Waals surface area contributed by atoms with E-state index in [2.05, 4.69) is 48.4 Å². The number of aryl methyl sites for hydroxylation is 3. The van der Waals surface area contributed by atoms with Crippen LogP contribution in [0.25, 0.3) is 10.9 Å². The van der Waals surface area contributed by atoms with Gasteiger partial charge >= 0.3 is 0 Å². The van der Waals surface area contributed by atoms with Crippen molar-refractivity contribution in [3.8, 4) is 5.75 Å². The number of nitrogens with one attached hydrogen (secondary N) is 2. The van der Waals surface area contributed by atoms with Crippen molar-refractivity contribution in [2.45, 2.75) is 40.2 Å². The van der Waals surface area contributed by atoms with Gasteiger partial charge in [0.1, 0.15) is 5.75 Å². The number of rotatable bonds is 3. The molecule has 3 aromatic rings. The number of benzene rings is 2. The van der Waals surface area contributed by atoms with Crippen LogP contribution in [0, 0.1) is 20.8 Å². The molecule has 1 atom stereocenters. The van der Waals surface area contributed by atoms with Crippen LogP contribution < -0.4 is 10.1 Å². The van der Waals surface area contributed by atoms with E-state index in [-0.39, 0.29) is 6.04 Å². The molecule has 2 aromatic carbocycles. The minimum absolute atomic E-state index is 0.0607. The van der Waals surface area contributed by atoms with Crippen molar-refractivity contribution in [2.75, 3.05) is 13.2 Å². The zero-order valence-corrected chi connectivity index (χ0v) is 16.6. The van der Waals surface area contributed by atoms with Gasteiger partial charge in [-0.15, -0.1) is 0 Å². The highest BCUT2D eigenvalue weighted by Gasteiger charge is 2.28. The van der Waals surface area contributed by atoms with Crippen molar-refractivity contribution in [3.05, 3.63) is 62.8 Å². The molecule has 1 aromatic heterocycles. The SMILES string of the molecule is CCOc1cc(C)c(Cl)cc1C1NCCc2c1[nH]c1c(C)cc(C)cc21. The Labute approximate surface area is 159 Å². The summed E-state index contributed by atoms with van der Waals surface area (Å²) in [5.41, 5.74) is 8.63. The maximum atomic E-state index is 6.46. The fourth-order valence-corrected chi connectivity index (χ4v) is 4.30. The van der Waals surface area contributed by atoms with Gasteiger partial charge < -0.3 is 15.0 Å². The summed E-state index contributed by atoms with van der Waals surface area (Å²) >= 11 is 6.46. The van der Waals surface area contributed by atoms with Gasteiger partial charge in [-0.05, 0) is 69.0 Å². The molecule has 0 saturated carbocycles. The number of fused-ring (bicyclic) bond motifs is 3. The van der Waals surface area contributed by atoms with Crippen molar-refractivity contribution in [1.82, 2.24) is 10.3 Å². The third-order valence-corrected chi connectivity index (χ3v) is 5.71. The zero-order chi connectivity index (χ0) is 18.4. The van der Waals surface area contributed by atoms with E-state index >= 15 is 0 Å². The lowest BCUT2D eigenvalue weighted by Crippen LogP contribution is -2.30. The van der Waals surface area contributed by atoms with Crippen LogP contribution in [0.5, 0.6) is 5.75 Å². The Morgan fingerprint density at radius 3 is 2.69 bits per heavy atom. The van der Waals surface area contributed by atoms with Crippen molar-refractivity contribution >= 4 is 22.5 Å². The molecular weight excluding hydrogens is 344 g/mol. The first kappa shape index (κ1) is 17.4. The number of halogens is 1. The van der Waals surface area contributed by atoms with E-state index in [1.807, 2.05) is 13.8 Å². The summed E-state index contributed by atoms with van der Waals surface area (Å²) in [6.07, 6.45) is 1.03. The molecule has 0 fully saturated rings. The number of aromatic amines is 1. The van der Waals surface area contributed by atoms with Gasteiger partial charge in [-0.3, -0.25) is 0 Å². The molecule has 26 heavy (non-hydrogen) atoms. The highest BCUT2D eigenvalue weighted by Crippen LogP contribution is 2.39. The summed E-state index contributed by atoms with van der Waals surface area (Å²) in [6, 6.07) is 8.70. The summed E-state index contributed by atoms with van der Waals surface area (Å²) in [5, 5.41) is 5.79. The number of ether oxygens (including phenoxy) is 1. The predicted molar refractivity (Wildman–Crippen MR) is 109 cm³/mol. The van der Waals surface area contributed by atoms with Crippen LogP contribution in [0.2, 0.25) is 5.02 Å². The lowest BCUT2D eigenvalue weighted by Gasteiger charge is -2.27. The Morgan fingerprint density at radius 1 is 1.12 bits per heavy atom. The van der Waals surface area contributed by atoms with Crippen LogP contribution in [-0.2, 0) is 6.42 Å². The topological polar surface area (TPSA) is 37.0 Å². The Morgan fingerprint density at radius 2 is 1.92 bits per heavy atom. The van der Waals surface area contributed by atoms with E-state index in [0.29, 0.717) is 6.61 Å². The standard InChI is InChI=1S/C22H25ClN2O/c1-5-26-19-10-13(3)18(23)11-17(19)21-22-15(6-7-24-21)16-9-12(2)8-14(4)20(16)25-22/h8-11,21,24-25H,5-7H2,1-4H3. The number of aromatic nitrogens is 1. The van der Waals surface area contributed by atoms with E-state index in [1.165, 1.54) is 33.3 Å². The van der Waals surface area contributed by atoms with E-state index in [1.54, 1.807) is 0 Å². The number of H-pyrrole nitrogens is 1. The average Bonchev–Trinajstić information content (AvgIpc) is 2.97. The molecule has 4 heteroatoms. The molecule has 0 aliphatic carbocycles. The van der Waals surface area contributed by atoms with Crippen LogP contribution in [-0.4, -0.2) is 18.1 Å². The summed E-state index contributed by atoms with van der Waals surface area (Å²) in [5.74, 6) is 0.909. The van der Waals surface area contributed by atoms with Gasteiger partial charge in [-0.2, -0.15) is 0 Å². The Hall–Kier alpha value is -1.97. The molecule has 0 spiro atoms. The third kappa shape index (κ3) is 2.80. The quantitative estimate of drug-likeness (QED) is 0.651. The molecule has 0 saturated heterocycles. The number of hydrogen-bond donors (Lipinski definition) is 2. The van der Waals surface area contributed by atoms with Crippen molar-refractivity contribution in [1.29, 1.82) is 0 Å². The van der Waals surface area contributed by atoms with E-state index in [4.69, 9.17) is 16.3 Å². The van der Waals surface area contributed by atoms with Gasteiger partial charge in [0.05, 0.1) is 12.6 Å². The first-order valence-corrected chi connectivity index (χ1v) is 9.65. The smallest absolute Gasteiger partial charge is 0.124 e. The molecule has 4 rings (SSSR count). The molecule has 2 N–H and O–H groups in total. The van der Waals surface area contributed by atoms with Crippen molar-refractivity contribution in [3.63, 3.8) is 0 Å². The normalized spacial score (nSPS) is 16.7. The Bertz CT molecular complexity index is 990. The molecule has 0 amide bonds. The lowest BCUT2D eigenvalue weighted by atomic mass is 9.92. The Kier molecular flexibility index (Phi) is 4.45.